The summed E-state index contributed by atoms with van der Waals surface area (Å²) in [5.74, 6) is -1.08. The molecular formula is C17H17Cl3N2O5S2. The van der Waals surface area contributed by atoms with Crippen molar-refractivity contribution >= 4 is 67.8 Å². The third kappa shape index (κ3) is 5.10. The van der Waals surface area contributed by atoms with Crippen LogP contribution in [-0.4, -0.2) is 50.6 Å². The first-order valence-corrected chi connectivity index (χ1v) is 11.9. The number of sulfonamides is 1. The number of nitrogens with zero attached hydrogens (tertiary/aromatic N) is 1. The number of ether oxygens (including phenoxy) is 1. The van der Waals surface area contributed by atoms with Gasteiger partial charge in [-0.1, -0.05) is 34.8 Å². The molecule has 1 aliphatic rings. The summed E-state index contributed by atoms with van der Waals surface area (Å²) >= 11 is 18.5. The second-order valence-corrected chi connectivity index (χ2v) is 10.8. The summed E-state index contributed by atoms with van der Waals surface area (Å²) in [5, 5.41) is 10.0. The molecular weight excluding hydrogens is 483 g/mol. The molecule has 1 aromatic carbocycles. The quantitative estimate of drug-likeness (QED) is 0.590. The first-order valence-electron chi connectivity index (χ1n) is 8.47. The van der Waals surface area contributed by atoms with Crippen molar-refractivity contribution in [3.8, 4) is 5.75 Å². The van der Waals surface area contributed by atoms with Crippen molar-refractivity contribution in [1.29, 1.82) is 0 Å². The number of carbonyl (C=O) groups excluding carboxylic acids is 1. The molecule has 0 aliphatic carbocycles. The number of nitrogens with one attached hydrogen (secondary N) is 1. The van der Waals surface area contributed by atoms with E-state index in [-0.39, 0.29) is 35.9 Å². The average molecular weight is 500 g/mol. The maximum absolute atomic E-state index is 12.6. The Labute approximate surface area is 187 Å². The molecule has 0 amide bonds. The maximum Gasteiger partial charge on any atom is 0.342 e. The minimum atomic E-state index is -4.15. The Morgan fingerprint density at radius 3 is 2.45 bits per heavy atom. The lowest BCUT2D eigenvalue weighted by Crippen LogP contribution is -2.35. The number of hydrogen-bond donors (Lipinski definition) is 2. The Bertz CT molecular complexity index is 1030. The number of thiophene rings is 1. The zero-order valence-corrected chi connectivity index (χ0v) is 19.0. The summed E-state index contributed by atoms with van der Waals surface area (Å²) in [6.45, 7) is 1.64. The van der Waals surface area contributed by atoms with Gasteiger partial charge >= 0.3 is 5.97 Å². The number of halogens is 3. The molecule has 12 heteroatoms. The van der Waals surface area contributed by atoms with Crippen LogP contribution < -0.4 is 4.72 Å². The molecule has 0 atom stereocenters. The Kier molecular flexibility index (Phi) is 6.87. The molecule has 158 valence electrons. The number of piperidine rings is 1. The lowest BCUT2D eigenvalue weighted by Gasteiger charge is -2.28. The van der Waals surface area contributed by atoms with Gasteiger partial charge in [0.25, 0.3) is 10.0 Å². The van der Waals surface area contributed by atoms with Crippen molar-refractivity contribution in [2.75, 3.05) is 24.9 Å². The van der Waals surface area contributed by atoms with E-state index < -0.39 is 21.7 Å². The highest BCUT2D eigenvalue weighted by Crippen LogP contribution is 2.43. The van der Waals surface area contributed by atoms with Gasteiger partial charge in [-0.3, -0.25) is 4.72 Å². The average Bonchev–Trinajstić information content (AvgIpc) is 2.89. The van der Waals surface area contributed by atoms with E-state index in [9.17, 15) is 18.3 Å². The Balaban J connectivity index is 1.74. The standard InChI is InChI=1S/C17H17Cl3N2O5S2/c1-22-6-4-10(5-7-22)27-17(24)11-3-2-9(8-12(11)23)21-29(25,26)14-13(18)15(19)28-16(14)20/h2-3,8,10,21,23H,4-7H2,1H3. The van der Waals surface area contributed by atoms with Gasteiger partial charge in [0.1, 0.15) is 31.0 Å². The summed E-state index contributed by atoms with van der Waals surface area (Å²) in [7, 11) is -2.16. The molecule has 0 bridgehead atoms. The number of benzene rings is 1. The number of esters is 1. The second kappa shape index (κ2) is 8.87. The maximum atomic E-state index is 12.6. The van der Waals surface area contributed by atoms with Crippen LogP contribution in [0.5, 0.6) is 5.75 Å². The molecule has 2 heterocycles. The van der Waals surface area contributed by atoms with Crippen molar-refractivity contribution in [2.45, 2.75) is 23.8 Å². The summed E-state index contributed by atoms with van der Waals surface area (Å²) in [4.78, 5) is 14.1. The van der Waals surface area contributed by atoms with E-state index in [0.717, 1.165) is 30.5 Å². The molecule has 1 saturated heterocycles. The first kappa shape index (κ1) is 22.5. The third-order valence-corrected chi connectivity index (χ3v) is 8.41. The fourth-order valence-electron chi connectivity index (χ4n) is 2.86. The first-order chi connectivity index (χ1) is 13.6. The molecule has 2 aromatic rings. The van der Waals surface area contributed by atoms with Gasteiger partial charge in [-0.25, -0.2) is 13.2 Å². The van der Waals surface area contributed by atoms with Crippen LogP contribution in [0.15, 0.2) is 23.1 Å². The molecule has 0 saturated carbocycles. The molecule has 3 rings (SSSR count). The Morgan fingerprint density at radius 1 is 1.24 bits per heavy atom. The predicted molar refractivity (Wildman–Crippen MR) is 114 cm³/mol. The zero-order valence-electron chi connectivity index (χ0n) is 15.1. The monoisotopic (exact) mass is 498 g/mol. The molecule has 0 radical (unpaired) electrons. The third-order valence-electron chi connectivity index (χ3n) is 4.41. The van der Waals surface area contributed by atoms with Gasteiger partial charge in [0.15, 0.2) is 0 Å². The SMILES string of the molecule is CN1CCC(OC(=O)c2ccc(NS(=O)(=O)c3c(Cl)sc(Cl)c3Cl)cc2O)CC1. The molecule has 1 aromatic heterocycles. The number of anilines is 1. The summed E-state index contributed by atoms with van der Waals surface area (Å²) in [6, 6.07) is 3.73. The molecule has 2 N–H and O–H groups in total. The van der Waals surface area contributed by atoms with Gasteiger partial charge in [0.2, 0.25) is 0 Å². The van der Waals surface area contributed by atoms with E-state index in [1.165, 1.54) is 12.1 Å². The fourth-order valence-corrected chi connectivity index (χ4v) is 6.76. The predicted octanol–water partition coefficient (Wildman–Crippen LogP) is 4.47. The summed E-state index contributed by atoms with van der Waals surface area (Å²) in [6.07, 6.45) is 1.21. The number of phenolic OH excluding ortho intramolecular Hbond substituents is 1. The molecule has 0 spiro atoms. The van der Waals surface area contributed by atoms with E-state index in [4.69, 9.17) is 39.5 Å². The number of hydrogen-bond acceptors (Lipinski definition) is 7. The van der Waals surface area contributed by atoms with E-state index in [1.54, 1.807) is 0 Å². The Hall–Kier alpha value is -1.23. The van der Waals surface area contributed by atoms with Gasteiger partial charge in [0.05, 0.1) is 10.7 Å². The lowest BCUT2D eigenvalue weighted by molar-refractivity contribution is 0.0137. The van der Waals surface area contributed by atoms with Crippen LogP contribution in [0.1, 0.15) is 23.2 Å². The highest BCUT2D eigenvalue weighted by Gasteiger charge is 2.27. The Morgan fingerprint density at radius 2 is 1.90 bits per heavy atom. The smallest absolute Gasteiger partial charge is 0.342 e. The van der Waals surface area contributed by atoms with Crippen LogP contribution in [0, 0.1) is 0 Å². The summed E-state index contributed by atoms with van der Waals surface area (Å²) in [5.41, 5.74) is -0.0330. The van der Waals surface area contributed by atoms with Crippen molar-refractivity contribution < 1.29 is 23.1 Å². The van der Waals surface area contributed by atoms with Gasteiger partial charge in [-0.05, 0) is 32.0 Å². The number of aromatic hydroxyl groups is 1. The molecule has 29 heavy (non-hydrogen) atoms. The molecule has 7 nitrogen and oxygen atoms in total. The normalized spacial score (nSPS) is 16.0. The van der Waals surface area contributed by atoms with Crippen molar-refractivity contribution in [1.82, 2.24) is 4.90 Å². The molecule has 0 unspecified atom stereocenters. The summed E-state index contributed by atoms with van der Waals surface area (Å²) < 4.78 is 32.8. The topological polar surface area (TPSA) is 95.9 Å². The van der Waals surface area contributed by atoms with E-state index in [1.807, 2.05) is 7.05 Å². The number of likely N-dealkylation sites (tertiary alicyclic amines) is 1. The van der Waals surface area contributed by atoms with Crippen molar-refractivity contribution in [2.24, 2.45) is 0 Å². The number of rotatable bonds is 5. The highest BCUT2D eigenvalue weighted by atomic mass is 35.5. The highest BCUT2D eigenvalue weighted by molar-refractivity contribution is 7.93. The fraction of sp³-hybridized carbons (Fsp3) is 0.353. The van der Waals surface area contributed by atoms with Crippen LogP contribution in [0.4, 0.5) is 5.69 Å². The largest absolute Gasteiger partial charge is 0.507 e. The van der Waals surface area contributed by atoms with Crippen molar-refractivity contribution in [3.63, 3.8) is 0 Å². The van der Waals surface area contributed by atoms with E-state index in [2.05, 4.69) is 9.62 Å². The van der Waals surface area contributed by atoms with Crippen LogP contribution in [0.25, 0.3) is 0 Å². The van der Waals surface area contributed by atoms with Gasteiger partial charge in [-0.2, -0.15) is 0 Å². The number of phenols is 1. The van der Waals surface area contributed by atoms with E-state index in [0.29, 0.717) is 12.8 Å². The number of carbonyl (C=O) groups is 1. The van der Waals surface area contributed by atoms with Crippen LogP contribution in [0.3, 0.4) is 0 Å². The van der Waals surface area contributed by atoms with Crippen LogP contribution in [0.2, 0.25) is 13.7 Å². The molecule has 1 aliphatic heterocycles. The minimum Gasteiger partial charge on any atom is -0.507 e. The second-order valence-electron chi connectivity index (χ2n) is 6.54. The van der Waals surface area contributed by atoms with Crippen molar-refractivity contribution in [3.05, 3.63) is 37.5 Å². The van der Waals surface area contributed by atoms with Gasteiger partial charge in [-0.15, -0.1) is 11.3 Å². The van der Waals surface area contributed by atoms with E-state index >= 15 is 0 Å². The van der Waals surface area contributed by atoms with Gasteiger partial charge < -0.3 is 14.7 Å². The van der Waals surface area contributed by atoms with Gasteiger partial charge in [0, 0.05) is 19.2 Å². The molecule has 1 fully saturated rings. The van der Waals surface area contributed by atoms with Crippen LogP contribution in [-0.2, 0) is 14.8 Å². The lowest BCUT2D eigenvalue weighted by atomic mass is 10.1. The minimum absolute atomic E-state index is 0.0211. The zero-order chi connectivity index (χ0) is 21.3. The van der Waals surface area contributed by atoms with Crippen LogP contribution >= 0.6 is 46.1 Å².